The molecule has 14 heteroatoms. The van der Waals surface area contributed by atoms with Crippen molar-refractivity contribution < 1.29 is 35.5 Å². The summed E-state index contributed by atoms with van der Waals surface area (Å²) < 4.78 is 95.8. The lowest BCUT2D eigenvalue weighted by atomic mass is 9.94. The van der Waals surface area contributed by atoms with Crippen molar-refractivity contribution in [2.45, 2.75) is 13.3 Å². The zero-order valence-corrected chi connectivity index (χ0v) is 26.2. The number of aromatic nitrogens is 4. The number of hydrogen-bond acceptors (Lipinski definition) is 4. The van der Waals surface area contributed by atoms with Crippen molar-refractivity contribution in [2.24, 2.45) is 7.05 Å². The van der Waals surface area contributed by atoms with E-state index in [2.05, 4.69) is 20.6 Å². The van der Waals surface area contributed by atoms with Crippen molar-refractivity contribution >= 4 is 23.2 Å². The van der Waals surface area contributed by atoms with Crippen LogP contribution in [0.5, 0.6) is 0 Å². The van der Waals surface area contributed by atoms with Gasteiger partial charge in [0.1, 0.15) is 17.3 Å². The molecule has 0 fully saturated rings. The largest absolute Gasteiger partial charge is 0.321 e. The molecule has 0 aliphatic carbocycles. The minimum Gasteiger partial charge on any atom is -0.321 e. The van der Waals surface area contributed by atoms with Crippen molar-refractivity contribution in [1.82, 2.24) is 20.0 Å². The van der Waals surface area contributed by atoms with Crippen LogP contribution >= 0.6 is 11.6 Å². The smallest absolute Gasteiger partial charge is 0.282 e. The van der Waals surface area contributed by atoms with Crippen LogP contribution in [0.25, 0.3) is 33.4 Å². The number of carbonyl (C=O) groups excluding carboxylic acids is 1. The summed E-state index contributed by atoms with van der Waals surface area (Å²) in [5.74, 6) is -6.64. The van der Waals surface area contributed by atoms with Gasteiger partial charge in [0.2, 0.25) is 0 Å². The number of nitrogens with one attached hydrogen (secondary N) is 1. The van der Waals surface area contributed by atoms with Gasteiger partial charge in [0.05, 0.1) is 16.8 Å². The predicted molar refractivity (Wildman–Crippen MR) is 170 cm³/mol. The van der Waals surface area contributed by atoms with Crippen LogP contribution in [0, 0.1) is 36.0 Å². The molecule has 0 unspecified atom stereocenters. The van der Waals surface area contributed by atoms with Crippen molar-refractivity contribution in [3.05, 3.63) is 142 Å². The summed E-state index contributed by atoms with van der Waals surface area (Å²) in [7, 11) is 1.39. The van der Waals surface area contributed by atoms with Crippen LogP contribution < -0.4 is 5.32 Å². The Kier molecular flexibility index (Phi) is 10.4. The summed E-state index contributed by atoms with van der Waals surface area (Å²) in [6.07, 6.45) is -1.82. The van der Waals surface area contributed by atoms with E-state index in [4.69, 9.17) is 11.6 Å². The number of rotatable bonds is 6. The average molecular weight is 698 g/mol. The highest BCUT2D eigenvalue weighted by Crippen LogP contribution is 2.40. The van der Waals surface area contributed by atoms with Crippen LogP contribution in [-0.4, -0.2) is 25.9 Å². The number of aryl methyl sites for hydroxylation is 2. The molecule has 2 heterocycles. The third-order valence-electron chi connectivity index (χ3n) is 7.16. The quantitative estimate of drug-likeness (QED) is 0.139. The molecule has 0 spiro atoms. The van der Waals surface area contributed by atoms with Crippen LogP contribution in [0.15, 0.2) is 91.1 Å². The monoisotopic (exact) mass is 697 g/mol. The molecule has 6 nitrogen and oxygen atoms in total. The molecule has 1 N–H and O–H groups in total. The fourth-order valence-corrected chi connectivity index (χ4v) is 5.24. The minimum absolute atomic E-state index is 0.0254. The highest BCUT2D eigenvalue weighted by molar-refractivity contribution is 6.32. The maximum atomic E-state index is 14.2. The maximum absolute atomic E-state index is 14.2. The van der Waals surface area contributed by atoms with Crippen LogP contribution in [0.3, 0.4) is 0 Å². The molecule has 2 aromatic heterocycles. The first kappa shape index (κ1) is 34.8. The lowest BCUT2D eigenvalue weighted by molar-refractivity contribution is 0.101. The Morgan fingerprint density at radius 3 is 2.00 bits per heavy atom. The number of amides is 1. The van der Waals surface area contributed by atoms with Gasteiger partial charge in [-0.05, 0) is 48.4 Å². The van der Waals surface area contributed by atoms with Crippen molar-refractivity contribution in [1.29, 1.82) is 0 Å². The Morgan fingerprint density at radius 1 is 0.755 bits per heavy atom. The topological polar surface area (TPSA) is 72.7 Å². The predicted octanol–water partition coefficient (Wildman–Crippen LogP) is 9.74. The lowest BCUT2D eigenvalue weighted by Crippen LogP contribution is -2.14. The fraction of sp³-hybridized carbons (Fsp3) is 0.0857. The molecule has 0 saturated heterocycles. The summed E-state index contributed by atoms with van der Waals surface area (Å²) >= 11 is 6.12. The van der Waals surface area contributed by atoms with Gasteiger partial charge in [0, 0.05) is 35.6 Å². The number of halogens is 8. The van der Waals surface area contributed by atoms with E-state index < -0.39 is 47.1 Å². The normalized spacial score (nSPS) is 10.9. The second-order valence-electron chi connectivity index (χ2n) is 10.4. The van der Waals surface area contributed by atoms with Gasteiger partial charge in [-0.15, -0.1) is 5.10 Å². The molecule has 49 heavy (non-hydrogen) atoms. The van der Waals surface area contributed by atoms with E-state index in [0.29, 0.717) is 11.3 Å². The number of hydrogen-bond donors (Lipinski definition) is 1. The second kappa shape index (κ2) is 14.7. The molecule has 0 aliphatic heterocycles. The molecule has 0 atom stereocenters. The van der Waals surface area contributed by atoms with Gasteiger partial charge in [0.25, 0.3) is 12.3 Å². The summed E-state index contributed by atoms with van der Waals surface area (Å²) in [5.41, 5.74) is 1.17. The number of alkyl halides is 2. The summed E-state index contributed by atoms with van der Waals surface area (Å²) in [6.45, 7) is 1.73. The SMILES string of the molecule is Cc1nnc(Cl)c(-c2c(F)cccc2F)c1-c1ccccc1.Cn1cc(C(=O)Nc2ccccc2-c2cc(F)c(F)c(F)c2)c(C(F)F)n1. The highest BCUT2D eigenvalue weighted by atomic mass is 35.5. The number of benzene rings is 4. The molecule has 0 saturated carbocycles. The molecule has 250 valence electrons. The van der Waals surface area contributed by atoms with E-state index in [1.807, 2.05) is 30.3 Å². The minimum atomic E-state index is -2.96. The van der Waals surface area contributed by atoms with Gasteiger partial charge in [-0.3, -0.25) is 9.48 Å². The van der Waals surface area contributed by atoms with Gasteiger partial charge in [0.15, 0.2) is 22.6 Å². The Labute approximate surface area is 279 Å². The molecular weight excluding hydrogens is 675 g/mol. The highest BCUT2D eigenvalue weighted by Gasteiger charge is 2.24. The molecule has 0 aliphatic rings. The Bertz CT molecular complexity index is 2120. The van der Waals surface area contributed by atoms with Crippen LogP contribution in [0.2, 0.25) is 5.15 Å². The van der Waals surface area contributed by atoms with E-state index in [-0.39, 0.29) is 38.7 Å². The number of carbonyl (C=O) groups is 1. The summed E-state index contributed by atoms with van der Waals surface area (Å²) in [5, 5.41) is 13.7. The lowest BCUT2D eigenvalue weighted by Gasteiger charge is -2.14. The van der Waals surface area contributed by atoms with Crippen LogP contribution in [-0.2, 0) is 7.05 Å². The summed E-state index contributed by atoms with van der Waals surface area (Å²) in [6, 6.07) is 20.4. The second-order valence-corrected chi connectivity index (χ2v) is 10.8. The first-order chi connectivity index (χ1) is 23.4. The first-order valence-corrected chi connectivity index (χ1v) is 14.6. The van der Waals surface area contributed by atoms with Gasteiger partial charge in [-0.25, -0.2) is 30.7 Å². The Hall–Kier alpha value is -5.56. The van der Waals surface area contributed by atoms with Crippen molar-refractivity contribution in [3.8, 4) is 33.4 Å². The third-order valence-corrected chi connectivity index (χ3v) is 7.42. The standard InChI is InChI=1S/C18H12F5N3O.C17H11ClF2N2/c1-26-8-11(16(25-26)17(22)23)18(27)24-14-5-3-2-4-10(14)9-6-12(19)15(21)13(20)7-9;1-10-14(11-6-3-2-4-7-11)16(17(18)22-21-10)15-12(19)8-5-9-13(15)20/h2-8,17H,1H3,(H,24,27);2-9H,1H3. The molecule has 1 amide bonds. The molecular formula is C35H23ClF7N5O. The average Bonchev–Trinajstić information content (AvgIpc) is 3.48. The number of anilines is 1. The third kappa shape index (κ3) is 7.46. The first-order valence-electron chi connectivity index (χ1n) is 14.3. The summed E-state index contributed by atoms with van der Waals surface area (Å²) in [4.78, 5) is 12.4. The van der Waals surface area contributed by atoms with E-state index in [9.17, 15) is 35.5 Å². The van der Waals surface area contributed by atoms with Gasteiger partial charge < -0.3 is 5.32 Å². The van der Waals surface area contributed by atoms with Crippen molar-refractivity contribution in [3.63, 3.8) is 0 Å². The fourth-order valence-electron chi connectivity index (χ4n) is 5.01. The van der Waals surface area contributed by atoms with E-state index in [1.54, 1.807) is 13.0 Å². The van der Waals surface area contributed by atoms with Crippen LogP contribution in [0.4, 0.5) is 36.4 Å². The van der Waals surface area contributed by atoms with Gasteiger partial charge in [-0.1, -0.05) is 66.2 Å². The van der Waals surface area contributed by atoms with Crippen molar-refractivity contribution in [2.75, 3.05) is 5.32 Å². The maximum Gasteiger partial charge on any atom is 0.282 e. The zero-order valence-electron chi connectivity index (χ0n) is 25.5. The Balaban J connectivity index is 0.000000195. The number of para-hydroxylation sites is 1. The molecule has 0 radical (unpaired) electrons. The van der Waals surface area contributed by atoms with E-state index in [1.165, 1.54) is 43.4 Å². The molecule has 4 aromatic carbocycles. The molecule has 6 rings (SSSR count). The van der Waals surface area contributed by atoms with Gasteiger partial charge >= 0.3 is 0 Å². The Morgan fingerprint density at radius 2 is 1.37 bits per heavy atom. The number of nitrogens with zero attached hydrogens (tertiary/aromatic N) is 4. The zero-order chi connectivity index (χ0) is 35.4. The van der Waals surface area contributed by atoms with Crippen LogP contribution in [0.1, 0.15) is 28.2 Å². The van der Waals surface area contributed by atoms with Gasteiger partial charge in [-0.2, -0.15) is 10.2 Å². The van der Waals surface area contributed by atoms with E-state index in [0.717, 1.165) is 28.6 Å². The molecule has 0 bridgehead atoms. The molecule has 6 aromatic rings. The van der Waals surface area contributed by atoms with E-state index >= 15 is 0 Å².